The number of hydrogen-bond acceptors (Lipinski definition) is 8. The number of nitrogens with zero attached hydrogens (tertiary/aromatic N) is 2. The molecule has 2 aromatic carbocycles. The summed E-state index contributed by atoms with van der Waals surface area (Å²) >= 11 is 0. The number of aromatic carboxylic acids is 1. The largest absolute Gasteiger partial charge is 0.488 e. The summed E-state index contributed by atoms with van der Waals surface area (Å²) < 4.78 is 5.24. The number of carboxylic acids is 1. The van der Waals surface area contributed by atoms with E-state index in [1.807, 2.05) is 19.1 Å². The van der Waals surface area contributed by atoms with Crippen LogP contribution in [0, 0.1) is 13.8 Å². The van der Waals surface area contributed by atoms with Crippen molar-refractivity contribution in [1.29, 1.82) is 0 Å². The van der Waals surface area contributed by atoms with E-state index in [0.717, 1.165) is 22.9 Å². The van der Waals surface area contributed by atoms with Gasteiger partial charge in [0, 0.05) is 22.8 Å². The number of pyridine rings is 1. The molecule has 4 aromatic rings. The van der Waals surface area contributed by atoms with Gasteiger partial charge < -0.3 is 30.7 Å². The number of nitrogens with one attached hydrogen (secondary N) is 1. The second-order valence-electron chi connectivity index (χ2n) is 7.49. The lowest BCUT2D eigenvalue weighted by Gasteiger charge is -2.15. The summed E-state index contributed by atoms with van der Waals surface area (Å²) in [6.07, 6.45) is 1.33. The van der Waals surface area contributed by atoms with Gasteiger partial charge in [-0.2, -0.15) is 0 Å². The van der Waals surface area contributed by atoms with E-state index in [1.165, 1.54) is 18.3 Å². The van der Waals surface area contributed by atoms with Crippen LogP contribution in [0.1, 0.15) is 32.2 Å². The van der Waals surface area contributed by atoms with Crippen LogP contribution in [0.5, 0.6) is 0 Å². The second kappa shape index (κ2) is 8.38. The van der Waals surface area contributed by atoms with Gasteiger partial charge >= 0.3 is 13.1 Å². The predicted molar refractivity (Wildman–Crippen MR) is 122 cm³/mol. The number of amides is 1. The van der Waals surface area contributed by atoms with Crippen LogP contribution in [0.15, 0.2) is 47.1 Å². The van der Waals surface area contributed by atoms with E-state index in [-0.39, 0.29) is 22.3 Å². The molecule has 1 amide bonds. The Morgan fingerprint density at radius 2 is 1.88 bits per heavy atom. The van der Waals surface area contributed by atoms with E-state index in [1.54, 1.807) is 13.0 Å². The van der Waals surface area contributed by atoms with Crippen molar-refractivity contribution in [2.75, 3.05) is 5.32 Å². The normalized spacial score (nSPS) is 10.9. The Balaban J connectivity index is 1.88. The van der Waals surface area contributed by atoms with Gasteiger partial charge in [0.2, 0.25) is 0 Å². The Labute approximate surface area is 187 Å². The molecule has 2 aromatic heterocycles. The summed E-state index contributed by atoms with van der Waals surface area (Å²) in [6.45, 7) is 3.63. The summed E-state index contributed by atoms with van der Waals surface area (Å²) in [6, 6.07) is 9.21. The maximum atomic E-state index is 12.1. The molecule has 0 bridgehead atoms. The van der Waals surface area contributed by atoms with Crippen molar-refractivity contribution < 1.29 is 29.3 Å². The van der Waals surface area contributed by atoms with Crippen molar-refractivity contribution in [3.05, 3.63) is 65.2 Å². The number of carboxylic acid groups (broad SMARTS) is 1. The molecule has 0 saturated carbocycles. The topological polar surface area (TPSA) is 172 Å². The van der Waals surface area contributed by atoms with Gasteiger partial charge in [-0.15, -0.1) is 0 Å². The third kappa shape index (κ3) is 4.14. The van der Waals surface area contributed by atoms with Crippen molar-refractivity contribution in [1.82, 2.24) is 10.1 Å². The minimum atomic E-state index is -1.88. The average molecular weight is 446 g/mol. The molecule has 11 heteroatoms. The van der Waals surface area contributed by atoms with Crippen molar-refractivity contribution in [3.8, 4) is 11.1 Å². The van der Waals surface area contributed by atoms with Gasteiger partial charge in [0.1, 0.15) is 5.76 Å². The lowest BCUT2D eigenvalue weighted by atomic mass is 9.79. The highest BCUT2D eigenvalue weighted by atomic mass is 16.5. The predicted octanol–water partition coefficient (Wildman–Crippen LogP) is 1.73. The highest BCUT2D eigenvalue weighted by Gasteiger charge is 2.19. The van der Waals surface area contributed by atoms with Gasteiger partial charge in [-0.25, -0.2) is 4.79 Å². The standard InChI is InChI=1S/C22H19BN4O6/c1-10-19(11(2)33-27-10)12-3-4-16-18(7-12)25-9-17(21(24)28)20(16)26-15-6-13(22(29)30)5-14(8-15)23(31)32/h3-9,31-32H,1-2H3,(H2,24,28)(H,25,26)(H,29,30). The first-order valence-corrected chi connectivity index (χ1v) is 9.83. The van der Waals surface area contributed by atoms with Gasteiger partial charge in [0.05, 0.1) is 28.0 Å². The Morgan fingerprint density at radius 3 is 2.48 bits per heavy atom. The minimum absolute atomic E-state index is 0.0305. The summed E-state index contributed by atoms with van der Waals surface area (Å²) in [4.78, 5) is 27.9. The van der Waals surface area contributed by atoms with Crippen LogP contribution < -0.4 is 16.5 Å². The highest BCUT2D eigenvalue weighted by Crippen LogP contribution is 2.34. The zero-order valence-corrected chi connectivity index (χ0v) is 17.7. The summed E-state index contributed by atoms with van der Waals surface area (Å²) in [5.74, 6) is -1.34. The monoisotopic (exact) mass is 446 g/mol. The molecule has 0 unspecified atom stereocenters. The Kier molecular flexibility index (Phi) is 5.58. The third-order valence-corrected chi connectivity index (χ3v) is 5.23. The number of aryl methyl sites for hydroxylation is 2. The summed E-state index contributed by atoms with van der Waals surface area (Å²) in [7, 11) is -1.88. The van der Waals surface area contributed by atoms with Crippen molar-refractivity contribution >= 4 is 46.7 Å². The highest BCUT2D eigenvalue weighted by molar-refractivity contribution is 6.58. The lowest BCUT2D eigenvalue weighted by Crippen LogP contribution is -2.30. The number of nitrogens with two attached hydrogens (primary N) is 1. The van der Waals surface area contributed by atoms with E-state index in [9.17, 15) is 24.7 Å². The van der Waals surface area contributed by atoms with E-state index in [0.29, 0.717) is 22.4 Å². The van der Waals surface area contributed by atoms with E-state index < -0.39 is 19.0 Å². The fourth-order valence-corrected chi connectivity index (χ4v) is 3.71. The summed E-state index contributed by atoms with van der Waals surface area (Å²) in [5.41, 5.74) is 8.88. The van der Waals surface area contributed by atoms with E-state index >= 15 is 0 Å². The van der Waals surface area contributed by atoms with Crippen molar-refractivity contribution in [2.24, 2.45) is 5.73 Å². The number of fused-ring (bicyclic) bond motifs is 1. The molecule has 0 aliphatic rings. The molecule has 4 rings (SSSR count). The quantitative estimate of drug-likeness (QED) is 0.277. The molecule has 0 atom stereocenters. The molecule has 0 radical (unpaired) electrons. The van der Waals surface area contributed by atoms with Crippen molar-refractivity contribution in [3.63, 3.8) is 0 Å². The number of hydrogen-bond donors (Lipinski definition) is 5. The van der Waals surface area contributed by atoms with E-state index in [4.69, 9.17) is 10.3 Å². The van der Waals surface area contributed by atoms with Gasteiger partial charge in [0.25, 0.3) is 5.91 Å². The number of aromatic nitrogens is 2. The third-order valence-electron chi connectivity index (χ3n) is 5.23. The van der Waals surface area contributed by atoms with Gasteiger partial charge in [-0.3, -0.25) is 9.78 Å². The molecule has 6 N–H and O–H groups in total. The molecule has 10 nitrogen and oxygen atoms in total. The van der Waals surface area contributed by atoms with Crippen LogP contribution in [0.2, 0.25) is 0 Å². The molecule has 2 heterocycles. The van der Waals surface area contributed by atoms with Gasteiger partial charge in [0.15, 0.2) is 0 Å². The molecule has 166 valence electrons. The Bertz CT molecular complexity index is 1400. The van der Waals surface area contributed by atoms with Crippen LogP contribution in [0.4, 0.5) is 11.4 Å². The number of primary amides is 1. The van der Waals surface area contributed by atoms with Crippen LogP contribution in [-0.2, 0) is 0 Å². The first-order valence-electron chi connectivity index (χ1n) is 9.83. The number of benzene rings is 2. The first-order chi connectivity index (χ1) is 15.7. The van der Waals surface area contributed by atoms with Crippen LogP contribution in [0.3, 0.4) is 0 Å². The Morgan fingerprint density at radius 1 is 1.12 bits per heavy atom. The number of carbonyl (C=O) groups excluding carboxylic acids is 1. The lowest BCUT2D eigenvalue weighted by molar-refractivity contribution is 0.0696. The SMILES string of the molecule is Cc1noc(C)c1-c1ccc2c(Nc3cc(B(O)O)cc(C(=O)O)c3)c(C(N)=O)cnc2c1. The molecule has 0 spiro atoms. The van der Waals surface area contributed by atoms with Crippen LogP contribution in [0.25, 0.3) is 22.0 Å². The Hall–Kier alpha value is -4.22. The second-order valence-corrected chi connectivity index (χ2v) is 7.49. The number of rotatable bonds is 6. The fourth-order valence-electron chi connectivity index (χ4n) is 3.71. The van der Waals surface area contributed by atoms with Crippen LogP contribution in [-0.4, -0.2) is 44.3 Å². The molecule has 0 saturated heterocycles. The van der Waals surface area contributed by atoms with Gasteiger partial charge in [-0.1, -0.05) is 17.3 Å². The molecule has 0 fully saturated rings. The molecular weight excluding hydrogens is 427 g/mol. The first kappa shape index (κ1) is 22.0. The minimum Gasteiger partial charge on any atom is -0.478 e. The molecule has 0 aliphatic heterocycles. The molecular formula is C22H19BN4O6. The summed E-state index contributed by atoms with van der Waals surface area (Å²) in [5, 5.41) is 36.0. The number of carbonyl (C=O) groups is 2. The zero-order chi connectivity index (χ0) is 23.9. The smallest absolute Gasteiger partial charge is 0.478 e. The number of anilines is 2. The molecule has 33 heavy (non-hydrogen) atoms. The van der Waals surface area contributed by atoms with Crippen LogP contribution >= 0.6 is 0 Å². The fraction of sp³-hybridized carbons (Fsp3) is 0.0909. The average Bonchev–Trinajstić information content (AvgIpc) is 3.10. The maximum absolute atomic E-state index is 12.1. The maximum Gasteiger partial charge on any atom is 0.488 e. The van der Waals surface area contributed by atoms with Gasteiger partial charge in [-0.05, 0) is 49.1 Å². The van der Waals surface area contributed by atoms with E-state index in [2.05, 4.69) is 15.5 Å². The van der Waals surface area contributed by atoms with Crippen molar-refractivity contribution in [2.45, 2.75) is 13.8 Å². The zero-order valence-electron chi connectivity index (χ0n) is 17.7. The molecule has 0 aliphatic carbocycles.